The van der Waals surface area contributed by atoms with Crippen molar-refractivity contribution in [1.29, 1.82) is 5.26 Å². The molecule has 3 rings (SSSR count). The number of carbonyl (C=O) groups is 1. The van der Waals surface area contributed by atoms with Gasteiger partial charge >= 0.3 is 0 Å². The van der Waals surface area contributed by atoms with Gasteiger partial charge in [-0.05, 0) is 36.4 Å². The molecule has 0 N–H and O–H groups in total. The van der Waals surface area contributed by atoms with Crippen LogP contribution in [0, 0.1) is 16.5 Å². The normalized spacial score (nSPS) is 10.3. The Kier molecular flexibility index (Phi) is 4.22. The number of nitrogens with zero attached hydrogens (tertiary/aromatic N) is 3. The molecule has 0 saturated carbocycles. The zero-order chi connectivity index (χ0) is 16.2. The summed E-state index contributed by atoms with van der Waals surface area (Å²) in [7, 11) is 0. The van der Waals surface area contributed by atoms with E-state index in [1.54, 1.807) is 28.4 Å². The van der Waals surface area contributed by atoms with E-state index in [0.717, 1.165) is 5.69 Å². The predicted octanol–water partition coefficient (Wildman–Crippen LogP) is 4.03. The highest BCUT2D eigenvalue weighted by atomic mass is 32.2. The smallest absolute Gasteiger partial charge is 0.237 e. The van der Waals surface area contributed by atoms with Gasteiger partial charge < -0.3 is 0 Å². The average molecular weight is 323 g/mol. The first kappa shape index (κ1) is 15.0. The molecule has 6 heteroatoms. The molecule has 0 aliphatic carbocycles. The fraction of sp³-hybridized carbons (Fsp3) is 0. The maximum absolute atomic E-state index is 13.1. The van der Waals surface area contributed by atoms with E-state index >= 15 is 0 Å². The van der Waals surface area contributed by atoms with Crippen molar-refractivity contribution in [3.63, 3.8) is 0 Å². The molecule has 0 atom stereocenters. The van der Waals surface area contributed by atoms with E-state index in [1.165, 1.54) is 12.1 Å². The molecule has 0 amide bonds. The van der Waals surface area contributed by atoms with Gasteiger partial charge in [-0.15, -0.1) is 0 Å². The topological polar surface area (TPSA) is 58.7 Å². The maximum atomic E-state index is 13.1. The van der Waals surface area contributed by atoms with Crippen LogP contribution in [0.25, 0.3) is 16.9 Å². The van der Waals surface area contributed by atoms with Crippen LogP contribution in [0.4, 0.5) is 4.39 Å². The molecule has 2 aromatic carbocycles. The van der Waals surface area contributed by atoms with Crippen molar-refractivity contribution in [3.8, 4) is 22.3 Å². The molecule has 0 saturated heterocycles. The van der Waals surface area contributed by atoms with Crippen molar-refractivity contribution in [2.24, 2.45) is 0 Å². The van der Waals surface area contributed by atoms with Gasteiger partial charge in [-0.1, -0.05) is 18.2 Å². The number of halogens is 1. The number of thiocyanates is 1. The van der Waals surface area contributed by atoms with Crippen LogP contribution >= 0.6 is 11.8 Å². The summed E-state index contributed by atoms with van der Waals surface area (Å²) < 4.78 is 14.7. The summed E-state index contributed by atoms with van der Waals surface area (Å²) in [6, 6.07) is 15.0. The van der Waals surface area contributed by atoms with Gasteiger partial charge in [0.25, 0.3) is 0 Å². The first-order valence-corrected chi connectivity index (χ1v) is 7.52. The van der Waals surface area contributed by atoms with Crippen molar-refractivity contribution in [2.75, 3.05) is 0 Å². The quantitative estimate of drug-likeness (QED) is 0.683. The summed E-state index contributed by atoms with van der Waals surface area (Å²) in [5, 5.41) is 14.5. The molecule has 0 fully saturated rings. The number of hydrogen-bond acceptors (Lipinski definition) is 4. The molecule has 0 unspecified atom stereocenters. The average Bonchev–Trinajstić information content (AvgIpc) is 3.02. The Labute approximate surface area is 136 Å². The molecule has 0 bridgehead atoms. The second kappa shape index (κ2) is 6.46. The van der Waals surface area contributed by atoms with Gasteiger partial charge in [0.05, 0.1) is 11.3 Å². The summed E-state index contributed by atoms with van der Waals surface area (Å²) >= 11 is 0.544. The lowest BCUT2D eigenvalue weighted by Crippen LogP contribution is -1.94. The number of thioether (sulfide) groups is 1. The minimum atomic E-state index is -0.394. The van der Waals surface area contributed by atoms with E-state index in [9.17, 15) is 9.18 Å². The standard InChI is InChI=1S/C17H10FN3OS/c18-13-8-6-12(7-9-13)16-15(17(22)23-11-19)10-21(20-16)14-4-2-1-3-5-14/h1-10H. The van der Waals surface area contributed by atoms with Crippen molar-refractivity contribution in [1.82, 2.24) is 9.78 Å². The molecule has 4 nitrogen and oxygen atoms in total. The predicted molar refractivity (Wildman–Crippen MR) is 86.5 cm³/mol. The third-order valence-corrected chi connectivity index (χ3v) is 3.71. The zero-order valence-electron chi connectivity index (χ0n) is 11.8. The number of para-hydroxylation sites is 1. The van der Waals surface area contributed by atoms with Crippen LogP contribution in [-0.4, -0.2) is 14.9 Å². The highest BCUT2D eigenvalue weighted by Crippen LogP contribution is 2.27. The largest absolute Gasteiger partial charge is 0.280 e. The highest BCUT2D eigenvalue weighted by Gasteiger charge is 2.19. The second-order valence-electron chi connectivity index (χ2n) is 4.66. The monoisotopic (exact) mass is 323 g/mol. The number of benzene rings is 2. The first-order chi connectivity index (χ1) is 11.2. The molecule has 0 radical (unpaired) electrons. The molecule has 0 aliphatic heterocycles. The van der Waals surface area contributed by atoms with Crippen LogP contribution < -0.4 is 0 Å². The van der Waals surface area contributed by atoms with Gasteiger partial charge in [-0.2, -0.15) is 10.4 Å². The van der Waals surface area contributed by atoms with Gasteiger partial charge in [0.2, 0.25) is 5.12 Å². The Morgan fingerprint density at radius 3 is 2.48 bits per heavy atom. The molecule has 112 valence electrons. The Bertz CT molecular complexity index is 882. The van der Waals surface area contributed by atoms with E-state index in [1.807, 2.05) is 30.3 Å². The van der Waals surface area contributed by atoms with Crippen molar-refractivity contribution < 1.29 is 9.18 Å². The van der Waals surface area contributed by atoms with Crippen LogP contribution in [0.3, 0.4) is 0 Å². The summed E-state index contributed by atoms with van der Waals surface area (Å²) in [6.45, 7) is 0. The minimum absolute atomic E-state index is 0.312. The van der Waals surface area contributed by atoms with Gasteiger partial charge in [0, 0.05) is 23.5 Å². The van der Waals surface area contributed by atoms with E-state index < -0.39 is 5.12 Å². The van der Waals surface area contributed by atoms with Gasteiger partial charge in [-0.3, -0.25) is 4.79 Å². The van der Waals surface area contributed by atoms with E-state index in [-0.39, 0.29) is 5.82 Å². The van der Waals surface area contributed by atoms with Gasteiger partial charge in [0.1, 0.15) is 16.9 Å². The molecule has 3 aromatic rings. The molecular formula is C17H10FN3OS. The second-order valence-corrected chi connectivity index (χ2v) is 5.42. The lowest BCUT2D eigenvalue weighted by atomic mass is 10.1. The summed E-state index contributed by atoms with van der Waals surface area (Å²) in [5.74, 6) is -0.365. The van der Waals surface area contributed by atoms with Crippen molar-refractivity contribution in [2.45, 2.75) is 0 Å². The highest BCUT2D eigenvalue weighted by molar-refractivity contribution is 8.18. The van der Waals surface area contributed by atoms with Gasteiger partial charge in [0.15, 0.2) is 0 Å². The van der Waals surface area contributed by atoms with Crippen LogP contribution in [0.2, 0.25) is 0 Å². The molecule has 0 spiro atoms. The number of hydrogen-bond donors (Lipinski definition) is 0. The van der Waals surface area contributed by atoms with E-state index in [2.05, 4.69) is 5.10 Å². The zero-order valence-corrected chi connectivity index (χ0v) is 12.6. The summed E-state index contributed by atoms with van der Waals surface area (Å²) in [5.41, 5.74) is 2.13. The van der Waals surface area contributed by atoms with E-state index in [0.29, 0.717) is 28.6 Å². The molecular weight excluding hydrogens is 313 g/mol. The third-order valence-electron chi connectivity index (χ3n) is 3.21. The fourth-order valence-corrected chi connectivity index (χ4v) is 2.50. The number of aromatic nitrogens is 2. The summed E-state index contributed by atoms with van der Waals surface area (Å²) in [4.78, 5) is 12.2. The Morgan fingerprint density at radius 1 is 1.13 bits per heavy atom. The van der Waals surface area contributed by atoms with Crippen LogP contribution in [0.1, 0.15) is 10.4 Å². The maximum Gasteiger partial charge on any atom is 0.237 e. The molecule has 1 heterocycles. The number of nitriles is 1. The number of carbonyl (C=O) groups excluding carboxylic acids is 1. The number of rotatable bonds is 3. The van der Waals surface area contributed by atoms with Crippen LogP contribution in [0.15, 0.2) is 60.8 Å². The van der Waals surface area contributed by atoms with Crippen LogP contribution in [0.5, 0.6) is 0 Å². The lowest BCUT2D eigenvalue weighted by Gasteiger charge is -2.00. The molecule has 0 aliphatic rings. The van der Waals surface area contributed by atoms with E-state index in [4.69, 9.17) is 5.26 Å². The van der Waals surface area contributed by atoms with Crippen LogP contribution in [-0.2, 0) is 0 Å². The van der Waals surface area contributed by atoms with Crippen molar-refractivity contribution in [3.05, 3.63) is 72.2 Å². The Morgan fingerprint density at radius 2 is 1.83 bits per heavy atom. The Balaban J connectivity index is 2.13. The molecule has 1 aromatic heterocycles. The van der Waals surface area contributed by atoms with Crippen molar-refractivity contribution >= 4 is 16.9 Å². The fourth-order valence-electron chi connectivity index (χ4n) is 2.15. The Hall–Kier alpha value is -2.91. The molecule has 23 heavy (non-hydrogen) atoms. The lowest BCUT2D eigenvalue weighted by molar-refractivity contribution is 0.109. The minimum Gasteiger partial charge on any atom is -0.280 e. The third kappa shape index (κ3) is 3.15. The summed E-state index contributed by atoms with van der Waals surface area (Å²) in [6.07, 6.45) is 1.58. The van der Waals surface area contributed by atoms with Gasteiger partial charge in [-0.25, -0.2) is 9.07 Å². The SMILES string of the molecule is N#CSC(=O)c1cn(-c2ccccc2)nc1-c1ccc(F)cc1. The first-order valence-electron chi connectivity index (χ1n) is 6.70.